The predicted molar refractivity (Wildman–Crippen MR) is 91.1 cm³/mol. The number of fused-ring (bicyclic) bond motifs is 1. The Labute approximate surface area is 144 Å². The predicted octanol–water partition coefficient (Wildman–Crippen LogP) is 3.01. The number of rotatable bonds is 4. The minimum absolute atomic E-state index is 0.0473. The van der Waals surface area contributed by atoms with E-state index in [2.05, 4.69) is 4.98 Å². The third kappa shape index (κ3) is 3.33. The molecule has 128 valence electrons. The summed E-state index contributed by atoms with van der Waals surface area (Å²) in [5.41, 5.74) is 1.71. The van der Waals surface area contributed by atoms with Crippen LogP contribution >= 0.6 is 0 Å². The van der Waals surface area contributed by atoms with Crippen LogP contribution in [0.1, 0.15) is 16.8 Å². The van der Waals surface area contributed by atoms with E-state index < -0.39 is 0 Å². The van der Waals surface area contributed by atoms with Crippen molar-refractivity contribution in [3.05, 3.63) is 66.4 Å². The first-order chi connectivity index (χ1) is 12.2. The first-order valence-corrected chi connectivity index (χ1v) is 8.29. The molecule has 1 saturated heterocycles. The third-order valence-electron chi connectivity index (χ3n) is 4.49. The maximum atomic E-state index is 12.8. The highest BCUT2D eigenvalue weighted by Crippen LogP contribution is 2.21. The van der Waals surface area contributed by atoms with Gasteiger partial charge in [0.15, 0.2) is 0 Å². The topological polar surface area (TPSA) is 46.8 Å². The molecule has 3 aromatic rings. The molecule has 25 heavy (non-hydrogen) atoms. The summed E-state index contributed by atoms with van der Waals surface area (Å²) in [4.78, 5) is 18.4. The van der Waals surface area contributed by atoms with E-state index in [4.69, 9.17) is 4.74 Å². The van der Waals surface area contributed by atoms with Gasteiger partial charge in [-0.1, -0.05) is 6.07 Å². The van der Waals surface area contributed by atoms with Crippen molar-refractivity contribution in [1.82, 2.24) is 14.3 Å². The Kier molecular flexibility index (Phi) is 4.09. The number of amides is 1. The molecule has 0 aliphatic carbocycles. The fourth-order valence-corrected chi connectivity index (χ4v) is 3.16. The molecule has 5 nitrogen and oxygen atoms in total. The summed E-state index contributed by atoms with van der Waals surface area (Å²) in [6, 6.07) is 10.6. The molecule has 1 amide bonds. The number of carbonyl (C=O) groups excluding carboxylic acids is 1. The van der Waals surface area contributed by atoms with Crippen LogP contribution in [0, 0.1) is 11.7 Å². The Bertz CT molecular complexity index is 858. The summed E-state index contributed by atoms with van der Waals surface area (Å²) in [6.07, 6.45) is 5.82. The van der Waals surface area contributed by atoms with E-state index in [0.29, 0.717) is 24.6 Å². The summed E-state index contributed by atoms with van der Waals surface area (Å²) < 4.78 is 20.4. The number of halogens is 1. The van der Waals surface area contributed by atoms with Gasteiger partial charge in [0.25, 0.3) is 5.91 Å². The zero-order chi connectivity index (χ0) is 17.2. The normalized spacial score (nSPS) is 17.2. The van der Waals surface area contributed by atoms with Crippen molar-refractivity contribution in [2.24, 2.45) is 5.92 Å². The van der Waals surface area contributed by atoms with Crippen LogP contribution < -0.4 is 4.74 Å². The van der Waals surface area contributed by atoms with Gasteiger partial charge < -0.3 is 14.0 Å². The third-order valence-corrected chi connectivity index (χ3v) is 4.49. The number of hydrogen-bond acceptors (Lipinski definition) is 3. The standard InChI is InChI=1S/C19H18FN3O2/c20-16-4-5-18(21-10-16)25-13-14-6-8-23(11-14)19(24)15-9-17-3-1-2-7-22(17)12-15/h1-5,7,9-10,12,14H,6,8,11,13H2. The van der Waals surface area contributed by atoms with Crippen LogP contribution in [-0.4, -0.2) is 39.9 Å². The van der Waals surface area contributed by atoms with Crippen LogP contribution in [0.25, 0.3) is 5.52 Å². The molecule has 1 fully saturated rings. The average Bonchev–Trinajstić information content (AvgIpc) is 3.27. The first-order valence-electron chi connectivity index (χ1n) is 8.29. The van der Waals surface area contributed by atoms with Crippen molar-refractivity contribution in [1.29, 1.82) is 0 Å². The molecular weight excluding hydrogens is 321 g/mol. The van der Waals surface area contributed by atoms with Crippen molar-refractivity contribution in [2.45, 2.75) is 6.42 Å². The molecule has 1 aliphatic rings. The Hall–Kier alpha value is -2.89. The number of aromatic nitrogens is 2. The van der Waals surface area contributed by atoms with Gasteiger partial charge in [0.2, 0.25) is 5.88 Å². The molecule has 1 atom stereocenters. The maximum Gasteiger partial charge on any atom is 0.255 e. The molecular formula is C19H18FN3O2. The fraction of sp³-hybridized carbons (Fsp3) is 0.263. The van der Waals surface area contributed by atoms with Crippen LogP contribution in [0.2, 0.25) is 0 Å². The number of pyridine rings is 2. The van der Waals surface area contributed by atoms with Crippen LogP contribution in [-0.2, 0) is 0 Å². The Morgan fingerprint density at radius 2 is 2.24 bits per heavy atom. The summed E-state index contributed by atoms with van der Waals surface area (Å²) in [5.74, 6) is 0.328. The quantitative estimate of drug-likeness (QED) is 0.734. The molecule has 0 bridgehead atoms. The lowest BCUT2D eigenvalue weighted by atomic mass is 10.1. The van der Waals surface area contributed by atoms with Crippen LogP contribution in [0.4, 0.5) is 4.39 Å². The maximum absolute atomic E-state index is 12.8. The van der Waals surface area contributed by atoms with Crippen LogP contribution in [0.15, 0.2) is 55.0 Å². The van der Waals surface area contributed by atoms with E-state index in [9.17, 15) is 9.18 Å². The van der Waals surface area contributed by atoms with Gasteiger partial charge in [-0.05, 0) is 30.7 Å². The van der Waals surface area contributed by atoms with E-state index in [1.165, 1.54) is 12.1 Å². The van der Waals surface area contributed by atoms with Gasteiger partial charge in [-0.25, -0.2) is 9.37 Å². The second kappa shape index (κ2) is 6.55. The average molecular weight is 339 g/mol. The lowest BCUT2D eigenvalue weighted by molar-refractivity contribution is 0.0783. The summed E-state index contributed by atoms with van der Waals surface area (Å²) >= 11 is 0. The van der Waals surface area contributed by atoms with E-state index in [1.807, 2.05) is 46.0 Å². The highest BCUT2D eigenvalue weighted by Gasteiger charge is 2.28. The van der Waals surface area contributed by atoms with Gasteiger partial charge in [-0.3, -0.25) is 4.79 Å². The Morgan fingerprint density at radius 3 is 3.04 bits per heavy atom. The van der Waals surface area contributed by atoms with Gasteiger partial charge in [-0.15, -0.1) is 0 Å². The number of carbonyl (C=O) groups is 1. The molecule has 0 aromatic carbocycles. The zero-order valence-corrected chi connectivity index (χ0v) is 13.6. The van der Waals surface area contributed by atoms with Crippen molar-refractivity contribution < 1.29 is 13.9 Å². The second-order valence-electron chi connectivity index (χ2n) is 6.29. The Balaban J connectivity index is 1.36. The van der Waals surface area contributed by atoms with E-state index in [-0.39, 0.29) is 17.6 Å². The van der Waals surface area contributed by atoms with Gasteiger partial charge in [0, 0.05) is 43.0 Å². The monoisotopic (exact) mass is 339 g/mol. The molecule has 0 N–H and O–H groups in total. The number of hydrogen-bond donors (Lipinski definition) is 0. The van der Waals surface area contributed by atoms with Crippen molar-refractivity contribution in [3.8, 4) is 5.88 Å². The minimum atomic E-state index is -0.384. The molecule has 1 aliphatic heterocycles. The summed E-state index contributed by atoms with van der Waals surface area (Å²) in [7, 11) is 0. The highest BCUT2D eigenvalue weighted by atomic mass is 19.1. The van der Waals surface area contributed by atoms with E-state index in [0.717, 1.165) is 24.7 Å². The molecule has 0 radical (unpaired) electrons. The van der Waals surface area contributed by atoms with Gasteiger partial charge in [0.1, 0.15) is 5.82 Å². The van der Waals surface area contributed by atoms with Gasteiger partial charge >= 0.3 is 0 Å². The van der Waals surface area contributed by atoms with Gasteiger partial charge in [-0.2, -0.15) is 0 Å². The van der Waals surface area contributed by atoms with Crippen LogP contribution in [0.5, 0.6) is 5.88 Å². The lowest BCUT2D eigenvalue weighted by Gasteiger charge is -2.16. The smallest absolute Gasteiger partial charge is 0.255 e. The summed E-state index contributed by atoms with van der Waals surface area (Å²) in [6.45, 7) is 1.85. The molecule has 4 rings (SSSR count). The van der Waals surface area contributed by atoms with Gasteiger partial charge in [0.05, 0.1) is 18.4 Å². The minimum Gasteiger partial charge on any atom is -0.477 e. The van der Waals surface area contributed by atoms with Crippen molar-refractivity contribution >= 4 is 11.4 Å². The molecule has 0 spiro atoms. The first kappa shape index (κ1) is 15.6. The molecule has 1 unspecified atom stereocenters. The second-order valence-corrected chi connectivity index (χ2v) is 6.29. The van der Waals surface area contributed by atoms with Crippen molar-refractivity contribution in [3.63, 3.8) is 0 Å². The highest BCUT2D eigenvalue weighted by molar-refractivity contribution is 5.95. The lowest BCUT2D eigenvalue weighted by Crippen LogP contribution is -2.29. The number of nitrogens with zero attached hydrogens (tertiary/aromatic N) is 3. The van der Waals surface area contributed by atoms with Crippen LogP contribution in [0.3, 0.4) is 0 Å². The molecule has 4 heterocycles. The number of likely N-dealkylation sites (tertiary alicyclic amines) is 1. The van der Waals surface area contributed by atoms with Crippen molar-refractivity contribution in [2.75, 3.05) is 19.7 Å². The SMILES string of the molecule is O=C(c1cc2ccccn2c1)N1CCC(COc2ccc(F)cn2)C1. The van der Waals surface area contributed by atoms with E-state index in [1.54, 1.807) is 0 Å². The zero-order valence-electron chi connectivity index (χ0n) is 13.6. The van der Waals surface area contributed by atoms with E-state index >= 15 is 0 Å². The number of ether oxygens (including phenoxy) is 1. The fourth-order valence-electron chi connectivity index (χ4n) is 3.16. The largest absolute Gasteiger partial charge is 0.477 e. The Morgan fingerprint density at radius 1 is 1.32 bits per heavy atom. The summed E-state index contributed by atoms with van der Waals surface area (Å²) in [5, 5.41) is 0. The molecule has 6 heteroatoms. The molecule has 0 saturated carbocycles. The molecule has 3 aromatic heterocycles.